The van der Waals surface area contributed by atoms with Gasteiger partial charge in [-0.25, -0.2) is 0 Å². The number of fused-ring (bicyclic) bond motifs is 2. The van der Waals surface area contributed by atoms with Crippen molar-refractivity contribution in [3.63, 3.8) is 0 Å². The van der Waals surface area contributed by atoms with Gasteiger partial charge in [0.25, 0.3) is 5.91 Å². The largest absolute Gasteiger partial charge is 0.337 e. The monoisotopic (exact) mass is 364 g/mol. The molecule has 1 atom stereocenters. The molecule has 5 rings (SSSR count). The lowest BCUT2D eigenvalue weighted by atomic mass is 9.98. The second-order valence-corrected chi connectivity index (χ2v) is 7.68. The summed E-state index contributed by atoms with van der Waals surface area (Å²) in [4.78, 5) is 17.4. The highest BCUT2D eigenvalue weighted by Gasteiger charge is 2.32. The zero-order valence-corrected chi connectivity index (χ0v) is 15.3. The van der Waals surface area contributed by atoms with Gasteiger partial charge in [0.15, 0.2) is 0 Å². The number of carbonyl (C=O) groups is 1. The number of aromatic nitrogens is 2. The van der Waals surface area contributed by atoms with Gasteiger partial charge in [0.1, 0.15) is 11.0 Å². The molecule has 0 spiro atoms. The Morgan fingerprint density at radius 3 is 2.81 bits per heavy atom. The first-order chi connectivity index (χ1) is 12.8. The summed E-state index contributed by atoms with van der Waals surface area (Å²) in [5.41, 5.74) is 5.29. The smallest absolute Gasteiger partial charge is 0.253 e. The van der Waals surface area contributed by atoms with E-state index in [1.165, 1.54) is 22.9 Å². The van der Waals surface area contributed by atoms with Gasteiger partial charge in [0, 0.05) is 37.8 Å². The van der Waals surface area contributed by atoms with Gasteiger partial charge in [-0.1, -0.05) is 24.3 Å². The Kier molecular flexibility index (Phi) is 3.94. The number of nitrogens with zero attached hydrogens (tertiary/aromatic N) is 4. The van der Waals surface area contributed by atoms with E-state index < -0.39 is 0 Å². The minimum absolute atomic E-state index is 0.111. The third-order valence-electron chi connectivity index (χ3n) is 5.63. The first-order valence-electron chi connectivity index (χ1n) is 9.10. The zero-order valence-electron chi connectivity index (χ0n) is 14.5. The number of hydrogen-bond acceptors (Lipinski definition) is 5. The van der Waals surface area contributed by atoms with Crippen LogP contribution in [0.15, 0.2) is 42.5 Å². The molecule has 1 amide bonds. The van der Waals surface area contributed by atoms with Gasteiger partial charge < -0.3 is 4.90 Å². The van der Waals surface area contributed by atoms with Crippen LogP contribution in [0, 0.1) is 0 Å². The van der Waals surface area contributed by atoms with E-state index in [9.17, 15) is 4.79 Å². The summed E-state index contributed by atoms with van der Waals surface area (Å²) in [7, 11) is 0. The van der Waals surface area contributed by atoms with Gasteiger partial charge in [-0.2, -0.15) is 8.75 Å². The fraction of sp³-hybridized carbons (Fsp3) is 0.350. The van der Waals surface area contributed by atoms with Crippen molar-refractivity contribution in [3.8, 4) is 0 Å². The molecule has 2 aromatic carbocycles. The van der Waals surface area contributed by atoms with E-state index in [0.717, 1.165) is 55.6 Å². The Labute approximate surface area is 156 Å². The number of carbonyl (C=O) groups excluding carboxylic acids is 1. The van der Waals surface area contributed by atoms with Gasteiger partial charge in [-0.3, -0.25) is 9.69 Å². The highest BCUT2D eigenvalue weighted by atomic mass is 32.1. The third-order valence-corrected chi connectivity index (χ3v) is 6.18. The third kappa shape index (κ3) is 2.79. The van der Waals surface area contributed by atoms with Gasteiger partial charge in [-0.05, 0) is 42.2 Å². The number of amides is 1. The Balaban J connectivity index is 1.29. The minimum Gasteiger partial charge on any atom is -0.337 e. The van der Waals surface area contributed by atoms with E-state index in [4.69, 9.17) is 0 Å². The van der Waals surface area contributed by atoms with Crippen LogP contribution in [0.1, 0.15) is 27.9 Å². The highest BCUT2D eigenvalue weighted by Crippen LogP contribution is 2.25. The van der Waals surface area contributed by atoms with Crippen molar-refractivity contribution in [3.05, 3.63) is 59.2 Å². The molecule has 3 aromatic rings. The SMILES string of the molecule is O=C(c1ccc2nsnc2c1)N1CCC(N2CCc3ccccc3C2)C1. The van der Waals surface area contributed by atoms with Crippen molar-refractivity contribution in [2.24, 2.45) is 0 Å². The van der Waals surface area contributed by atoms with Crippen LogP contribution in [-0.4, -0.2) is 50.1 Å². The van der Waals surface area contributed by atoms with Gasteiger partial charge in [0.2, 0.25) is 0 Å². The maximum atomic E-state index is 12.9. The van der Waals surface area contributed by atoms with Gasteiger partial charge in [0.05, 0.1) is 11.7 Å². The van der Waals surface area contributed by atoms with Crippen LogP contribution in [0.25, 0.3) is 11.0 Å². The average molecular weight is 364 g/mol. The summed E-state index contributed by atoms with van der Waals surface area (Å²) in [6, 6.07) is 14.8. The fourth-order valence-electron chi connectivity index (χ4n) is 4.15. The lowest BCUT2D eigenvalue weighted by molar-refractivity contribution is 0.0773. The summed E-state index contributed by atoms with van der Waals surface area (Å²) in [5.74, 6) is 0.111. The number of rotatable bonds is 2. The molecule has 6 heteroatoms. The minimum atomic E-state index is 0.111. The maximum absolute atomic E-state index is 12.9. The topological polar surface area (TPSA) is 49.3 Å². The fourth-order valence-corrected chi connectivity index (χ4v) is 4.67. The lowest BCUT2D eigenvalue weighted by Crippen LogP contribution is -2.41. The first-order valence-corrected chi connectivity index (χ1v) is 9.83. The molecule has 26 heavy (non-hydrogen) atoms. The maximum Gasteiger partial charge on any atom is 0.253 e. The molecule has 132 valence electrons. The predicted molar refractivity (Wildman–Crippen MR) is 102 cm³/mol. The summed E-state index contributed by atoms with van der Waals surface area (Å²) >= 11 is 1.19. The quantitative estimate of drug-likeness (QED) is 0.701. The molecule has 1 saturated heterocycles. The standard InChI is InChI=1S/C20H20N4OS/c25-20(15-5-6-18-19(11-15)22-26-21-18)24-10-8-17(13-24)23-9-7-14-3-1-2-4-16(14)12-23/h1-6,11,17H,7-10,12-13H2. The lowest BCUT2D eigenvalue weighted by Gasteiger charge is -2.33. The van der Waals surface area contributed by atoms with E-state index in [0.29, 0.717) is 6.04 Å². The van der Waals surface area contributed by atoms with E-state index in [1.54, 1.807) is 0 Å². The Bertz CT molecular complexity index is 969. The second kappa shape index (κ2) is 6.45. The summed E-state index contributed by atoms with van der Waals surface area (Å²) in [5, 5.41) is 0. The molecule has 2 aliphatic heterocycles. The van der Waals surface area contributed by atoms with Crippen molar-refractivity contribution in [1.82, 2.24) is 18.5 Å². The van der Waals surface area contributed by atoms with Crippen molar-refractivity contribution < 1.29 is 4.79 Å². The number of benzene rings is 2. The van der Waals surface area contributed by atoms with Crippen LogP contribution in [0.3, 0.4) is 0 Å². The van der Waals surface area contributed by atoms with Gasteiger partial charge >= 0.3 is 0 Å². The normalized spacial score (nSPS) is 20.5. The van der Waals surface area contributed by atoms with Crippen molar-refractivity contribution in [2.45, 2.75) is 25.4 Å². The molecular weight excluding hydrogens is 344 g/mol. The van der Waals surface area contributed by atoms with Crippen LogP contribution in [0.5, 0.6) is 0 Å². The highest BCUT2D eigenvalue weighted by molar-refractivity contribution is 7.00. The van der Waals surface area contributed by atoms with Crippen molar-refractivity contribution in [2.75, 3.05) is 19.6 Å². The summed E-state index contributed by atoms with van der Waals surface area (Å²) in [6.45, 7) is 3.73. The Morgan fingerprint density at radius 2 is 1.88 bits per heavy atom. The van der Waals surface area contributed by atoms with Crippen LogP contribution < -0.4 is 0 Å². The first kappa shape index (κ1) is 15.9. The molecule has 1 fully saturated rings. The average Bonchev–Trinajstić information content (AvgIpc) is 3.36. The molecular formula is C20H20N4OS. The van der Waals surface area contributed by atoms with E-state index in [1.807, 2.05) is 23.1 Å². The second-order valence-electron chi connectivity index (χ2n) is 7.15. The zero-order chi connectivity index (χ0) is 17.5. The van der Waals surface area contributed by atoms with Crippen LogP contribution in [-0.2, 0) is 13.0 Å². The summed E-state index contributed by atoms with van der Waals surface area (Å²) < 4.78 is 8.46. The van der Waals surface area contributed by atoms with E-state index >= 15 is 0 Å². The molecule has 2 aliphatic rings. The molecule has 1 unspecified atom stereocenters. The predicted octanol–water partition coefficient (Wildman–Crippen LogP) is 2.96. The van der Waals surface area contributed by atoms with Crippen molar-refractivity contribution in [1.29, 1.82) is 0 Å². The van der Waals surface area contributed by atoms with Crippen LogP contribution in [0.2, 0.25) is 0 Å². The molecule has 0 radical (unpaired) electrons. The number of likely N-dealkylation sites (tertiary alicyclic amines) is 1. The van der Waals surface area contributed by atoms with Crippen LogP contribution >= 0.6 is 11.7 Å². The molecule has 0 N–H and O–H groups in total. The molecule has 3 heterocycles. The molecule has 5 nitrogen and oxygen atoms in total. The molecule has 0 saturated carbocycles. The van der Waals surface area contributed by atoms with E-state index in [-0.39, 0.29) is 5.91 Å². The van der Waals surface area contributed by atoms with Crippen molar-refractivity contribution >= 4 is 28.7 Å². The van der Waals surface area contributed by atoms with Crippen LogP contribution in [0.4, 0.5) is 0 Å². The molecule has 1 aromatic heterocycles. The summed E-state index contributed by atoms with van der Waals surface area (Å²) in [6.07, 6.45) is 2.16. The Hall–Kier alpha value is -2.31. The Morgan fingerprint density at radius 1 is 1.04 bits per heavy atom. The van der Waals surface area contributed by atoms with Gasteiger partial charge in [-0.15, -0.1) is 0 Å². The molecule has 0 bridgehead atoms. The molecule has 0 aliphatic carbocycles. The van der Waals surface area contributed by atoms with E-state index in [2.05, 4.69) is 37.9 Å². The number of hydrogen-bond donors (Lipinski definition) is 0.